The molecule has 0 aliphatic carbocycles. The Hall–Kier alpha value is -1.26. The number of nitrogens with zero attached hydrogens (tertiary/aromatic N) is 2. The summed E-state index contributed by atoms with van der Waals surface area (Å²) in [6.45, 7) is -0.525. The van der Waals surface area contributed by atoms with Gasteiger partial charge in [-0.1, -0.05) is 0 Å². The van der Waals surface area contributed by atoms with Crippen LogP contribution in [0.25, 0.3) is 0 Å². The van der Waals surface area contributed by atoms with Crippen molar-refractivity contribution < 1.29 is 30.0 Å². The van der Waals surface area contributed by atoms with Gasteiger partial charge in [0.05, 0.1) is 6.61 Å². The number of hydrogen-bond acceptors (Lipinski definition) is 7. The number of aliphatic imine (C=N–C) groups is 1. The second-order valence-corrected chi connectivity index (χ2v) is 3.83. The van der Waals surface area contributed by atoms with Crippen LogP contribution in [0.1, 0.15) is 0 Å². The average molecular weight is 247 g/mol. The molecule has 0 aromatic carbocycles. The van der Waals surface area contributed by atoms with Crippen LogP contribution in [0.2, 0.25) is 0 Å². The summed E-state index contributed by atoms with van der Waals surface area (Å²) in [5, 5.41) is 37.6. The van der Waals surface area contributed by atoms with Crippen molar-refractivity contribution in [2.75, 3.05) is 6.61 Å². The number of amides is 2. The van der Waals surface area contributed by atoms with Gasteiger partial charge in [0.25, 0.3) is 0 Å². The number of hydrogen-bond donors (Lipinski definition) is 5. The Kier molecular flexibility index (Phi) is 3.02. The third-order valence-corrected chi connectivity index (χ3v) is 2.76. The maximum Gasteiger partial charge on any atom is 0.349 e. The van der Waals surface area contributed by atoms with E-state index in [0.717, 1.165) is 0 Å². The van der Waals surface area contributed by atoms with Gasteiger partial charge < -0.3 is 30.9 Å². The molecule has 2 aliphatic rings. The summed E-state index contributed by atoms with van der Waals surface area (Å²) < 4.78 is 5.07. The third kappa shape index (κ3) is 1.77. The highest BCUT2D eigenvalue weighted by molar-refractivity contribution is 6.01. The molecular weight excluding hydrogens is 234 g/mol. The number of carbonyl (C=O) groups excluding carboxylic acids is 1. The van der Waals surface area contributed by atoms with Gasteiger partial charge >= 0.3 is 6.03 Å². The first-order chi connectivity index (χ1) is 7.97. The number of aliphatic hydroxyl groups excluding tert-OH is 4. The van der Waals surface area contributed by atoms with E-state index in [1.807, 2.05) is 0 Å². The van der Waals surface area contributed by atoms with E-state index in [-0.39, 0.29) is 5.84 Å². The Balaban J connectivity index is 2.17. The largest absolute Gasteiger partial charge is 0.394 e. The predicted molar refractivity (Wildman–Crippen MR) is 52.6 cm³/mol. The lowest BCUT2D eigenvalue weighted by Crippen LogP contribution is -2.51. The van der Waals surface area contributed by atoms with Gasteiger partial charge in [0.2, 0.25) is 0 Å². The van der Waals surface area contributed by atoms with Crippen molar-refractivity contribution >= 4 is 11.9 Å². The minimum absolute atomic E-state index is 0.312. The maximum absolute atomic E-state index is 11.4. The fourth-order valence-electron chi connectivity index (χ4n) is 1.83. The Morgan fingerprint density at radius 2 is 2.00 bits per heavy atom. The molecule has 0 aromatic heterocycles. The first-order valence-corrected chi connectivity index (χ1v) is 4.94. The molecule has 2 heterocycles. The van der Waals surface area contributed by atoms with Crippen LogP contribution in [0.5, 0.6) is 0 Å². The van der Waals surface area contributed by atoms with Crippen LogP contribution in [0.15, 0.2) is 4.99 Å². The highest BCUT2D eigenvalue weighted by Crippen LogP contribution is 2.27. The van der Waals surface area contributed by atoms with Crippen LogP contribution in [0.4, 0.5) is 4.79 Å². The molecule has 2 amide bonds. The molecule has 9 nitrogen and oxygen atoms in total. The van der Waals surface area contributed by atoms with Crippen molar-refractivity contribution in [3.63, 3.8) is 0 Å². The van der Waals surface area contributed by atoms with Gasteiger partial charge in [-0.25, -0.2) is 4.79 Å². The van der Waals surface area contributed by atoms with Crippen molar-refractivity contribution in [2.45, 2.75) is 30.8 Å². The van der Waals surface area contributed by atoms with E-state index in [1.165, 1.54) is 0 Å². The van der Waals surface area contributed by atoms with E-state index in [4.69, 9.17) is 15.6 Å². The molecule has 2 rings (SSSR count). The Bertz CT molecular complexity index is 361. The fraction of sp³-hybridized carbons (Fsp3) is 0.750. The number of amidine groups is 1. The monoisotopic (exact) mass is 247 g/mol. The van der Waals surface area contributed by atoms with E-state index >= 15 is 0 Å². The number of urea groups is 1. The molecule has 1 fully saturated rings. The summed E-state index contributed by atoms with van der Waals surface area (Å²) in [5.41, 5.74) is 5.26. The second-order valence-electron chi connectivity index (χ2n) is 3.83. The lowest BCUT2D eigenvalue weighted by molar-refractivity contribution is -0.108. The van der Waals surface area contributed by atoms with E-state index in [2.05, 4.69) is 4.99 Å². The standard InChI is InChI=1S/C8H13N3O6/c9-5-6(15)11(8(16)10-5)7-4(14)3(13)2(1-12)17-7/h2-4,6-7,12-15H,1H2,(H2,9,10,16)/t2-,3-,4-,6?,7-/m1/s1. The third-order valence-electron chi connectivity index (χ3n) is 2.76. The molecule has 0 bridgehead atoms. The van der Waals surface area contributed by atoms with Gasteiger partial charge in [0.1, 0.15) is 18.3 Å². The Morgan fingerprint density at radius 1 is 1.35 bits per heavy atom. The normalized spacial score (nSPS) is 42.1. The first-order valence-electron chi connectivity index (χ1n) is 4.94. The Labute approximate surface area is 95.7 Å². The van der Waals surface area contributed by atoms with E-state index in [0.29, 0.717) is 4.90 Å². The summed E-state index contributed by atoms with van der Waals surface area (Å²) in [6, 6.07) is -0.871. The maximum atomic E-state index is 11.4. The SMILES string of the molecule is NC1=NC(=O)N([C@@H]2O[C@H](CO)[C@@H](O)[C@H]2O)C1O. The van der Waals surface area contributed by atoms with Crippen LogP contribution in [-0.4, -0.2) is 74.6 Å². The summed E-state index contributed by atoms with van der Waals surface area (Å²) >= 11 is 0. The van der Waals surface area contributed by atoms with Gasteiger partial charge in [0.15, 0.2) is 18.3 Å². The molecule has 0 spiro atoms. The van der Waals surface area contributed by atoms with Crippen LogP contribution in [0.3, 0.4) is 0 Å². The van der Waals surface area contributed by atoms with Crippen molar-refractivity contribution in [1.82, 2.24) is 4.90 Å². The number of ether oxygens (including phenoxy) is 1. The number of rotatable bonds is 2. The zero-order valence-electron chi connectivity index (χ0n) is 8.67. The molecule has 1 saturated heterocycles. The summed E-state index contributed by atoms with van der Waals surface area (Å²) in [5.74, 6) is -0.312. The zero-order valence-corrected chi connectivity index (χ0v) is 8.67. The van der Waals surface area contributed by atoms with Crippen LogP contribution in [0, 0.1) is 0 Å². The first kappa shape index (κ1) is 12.2. The van der Waals surface area contributed by atoms with Crippen molar-refractivity contribution in [1.29, 1.82) is 0 Å². The lowest BCUT2D eigenvalue weighted by atomic mass is 10.1. The zero-order chi connectivity index (χ0) is 12.7. The molecule has 9 heteroatoms. The highest BCUT2D eigenvalue weighted by Gasteiger charge is 2.50. The van der Waals surface area contributed by atoms with E-state index in [9.17, 15) is 20.1 Å². The molecule has 6 N–H and O–H groups in total. The minimum atomic E-state index is -1.51. The summed E-state index contributed by atoms with van der Waals surface area (Å²) in [6.07, 6.45) is -6.64. The number of aliphatic hydroxyl groups is 4. The molecular formula is C8H13N3O6. The minimum Gasteiger partial charge on any atom is -0.394 e. The molecule has 2 aliphatic heterocycles. The number of nitrogens with two attached hydrogens (primary N) is 1. The van der Waals surface area contributed by atoms with Crippen molar-refractivity contribution in [3.8, 4) is 0 Å². The van der Waals surface area contributed by atoms with Gasteiger partial charge in [-0.2, -0.15) is 4.99 Å². The van der Waals surface area contributed by atoms with Gasteiger partial charge in [-0.15, -0.1) is 0 Å². The average Bonchev–Trinajstić information content (AvgIpc) is 2.69. The molecule has 1 unspecified atom stereocenters. The molecule has 5 atom stereocenters. The second kappa shape index (κ2) is 4.20. The highest BCUT2D eigenvalue weighted by atomic mass is 16.6. The van der Waals surface area contributed by atoms with Crippen LogP contribution >= 0.6 is 0 Å². The van der Waals surface area contributed by atoms with Crippen molar-refractivity contribution in [2.24, 2.45) is 10.7 Å². The molecule has 0 saturated carbocycles. The molecule has 17 heavy (non-hydrogen) atoms. The molecule has 0 aromatic rings. The van der Waals surface area contributed by atoms with Crippen LogP contribution < -0.4 is 5.73 Å². The topological polar surface area (TPSA) is 149 Å². The van der Waals surface area contributed by atoms with Gasteiger partial charge in [-0.3, -0.25) is 4.90 Å². The molecule has 0 radical (unpaired) electrons. The van der Waals surface area contributed by atoms with Gasteiger partial charge in [0, 0.05) is 0 Å². The van der Waals surface area contributed by atoms with Gasteiger partial charge in [-0.05, 0) is 0 Å². The van der Waals surface area contributed by atoms with E-state index in [1.54, 1.807) is 0 Å². The summed E-state index contributed by atoms with van der Waals surface area (Å²) in [4.78, 5) is 15.4. The lowest BCUT2D eigenvalue weighted by Gasteiger charge is -2.27. The summed E-state index contributed by atoms with van der Waals surface area (Å²) in [7, 11) is 0. The van der Waals surface area contributed by atoms with E-state index < -0.39 is 43.4 Å². The smallest absolute Gasteiger partial charge is 0.349 e. The fourth-order valence-corrected chi connectivity index (χ4v) is 1.83. The predicted octanol–water partition coefficient (Wildman–Crippen LogP) is -3.46. The van der Waals surface area contributed by atoms with Crippen molar-refractivity contribution in [3.05, 3.63) is 0 Å². The number of carbonyl (C=O) groups is 1. The van der Waals surface area contributed by atoms with Crippen LogP contribution in [-0.2, 0) is 4.74 Å². The quantitative estimate of drug-likeness (QED) is 0.340. The molecule has 96 valence electrons. The Morgan fingerprint density at radius 3 is 2.41 bits per heavy atom.